The molecule has 0 atom stereocenters. The number of nitrogens with one attached hydrogen (secondary N) is 2. The van der Waals surface area contributed by atoms with Crippen LogP contribution < -0.4 is 5.32 Å². The number of rotatable bonds is 3. The number of amides is 1. The molecule has 0 aliphatic rings. The fourth-order valence-corrected chi connectivity index (χ4v) is 3.03. The normalized spacial score (nSPS) is 10.7. The molecule has 106 valence electrons. The summed E-state index contributed by atoms with van der Waals surface area (Å²) in [4.78, 5) is 27.3. The SMILES string of the molecule is Cc1cc(C(=O)O)c(NC(=O)c2ccc3[nH]ccc3c2)s1. The van der Waals surface area contributed by atoms with E-state index in [0.29, 0.717) is 10.6 Å². The summed E-state index contributed by atoms with van der Waals surface area (Å²) >= 11 is 1.25. The number of carbonyl (C=O) groups excluding carboxylic acids is 1. The van der Waals surface area contributed by atoms with Crippen LogP contribution in [0.3, 0.4) is 0 Å². The smallest absolute Gasteiger partial charge is 0.338 e. The van der Waals surface area contributed by atoms with Crippen LogP contribution in [0.2, 0.25) is 0 Å². The average molecular weight is 300 g/mol. The van der Waals surface area contributed by atoms with Gasteiger partial charge in [-0.15, -0.1) is 11.3 Å². The lowest BCUT2D eigenvalue weighted by atomic mass is 10.1. The van der Waals surface area contributed by atoms with Gasteiger partial charge in [0.25, 0.3) is 5.91 Å². The van der Waals surface area contributed by atoms with Gasteiger partial charge in [-0.2, -0.15) is 0 Å². The molecule has 1 aromatic carbocycles. The number of carboxylic acid groups (broad SMARTS) is 1. The van der Waals surface area contributed by atoms with Gasteiger partial charge in [-0.05, 0) is 37.3 Å². The van der Waals surface area contributed by atoms with Gasteiger partial charge >= 0.3 is 5.97 Å². The van der Waals surface area contributed by atoms with Gasteiger partial charge in [-0.1, -0.05) is 0 Å². The summed E-state index contributed by atoms with van der Waals surface area (Å²) in [6, 6.07) is 8.72. The van der Waals surface area contributed by atoms with Crippen LogP contribution in [-0.4, -0.2) is 22.0 Å². The largest absolute Gasteiger partial charge is 0.478 e. The van der Waals surface area contributed by atoms with Crippen LogP contribution in [0.25, 0.3) is 10.9 Å². The molecular formula is C15H12N2O3S. The third-order valence-electron chi connectivity index (χ3n) is 3.13. The van der Waals surface area contributed by atoms with Crippen LogP contribution >= 0.6 is 11.3 Å². The number of hydrogen-bond acceptors (Lipinski definition) is 3. The van der Waals surface area contributed by atoms with Crippen molar-refractivity contribution in [1.29, 1.82) is 0 Å². The lowest BCUT2D eigenvalue weighted by Crippen LogP contribution is -2.13. The van der Waals surface area contributed by atoms with E-state index in [2.05, 4.69) is 10.3 Å². The molecule has 0 bridgehead atoms. The van der Waals surface area contributed by atoms with Crippen molar-refractivity contribution in [3.63, 3.8) is 0 Å². The average Bonchev–Trinajstić information content (AvgIpc) is 3.04. The maximum atomic E-state index is 12.3. The number of aromatic carboxylic acids is 1. The molecule has 0 spiro atoms. The van der Waals surface area contributed by atoms with E-state index >= 15 is 0 Å². The number of hydrogen-bond donors (Lipinski definition) is 3. The number of fused-ring (bicyclic) bond motifs is 1. The van der Waals surface area contributed by atoms with E-state index in [0.717, 1.165) is 15.8 Å². The highest BCUT2D eigenvalue weighted by Gasteiger charge is 2.16. The van der Waals surface area contributed by atoms with Crippen LogP contribution in [0.5, 0.6) is 0 Å². The molecule has 0 aliphatic carbocycles. The topological polar surface area (TPSA) is 82.2 Å². The minimum Gasteiger partial charge on any atom is -0.478 e. The maximum Gasteiger partial charge on any atom is 0.338 e. The number of benzene rings is 1. The number of anilines is 1. The van der Waals surface area contributed by atoms with Gasteiger partial charge in [0.1, 0.15) is 5.00 Å². The van der Waals surface area contributed by atoms with E-state index in [4.69, 9.17) is 5.11 Å². The second kappa shape index (κ2) is 5.06. The van der Waals surface area contributed by atoms with Gasteiger partial charge in [0.05, 0.1) is 5.56 Å². The van der Waals surface area contributed by atoms with Crippen LogP contribution in [0, 0.1) is 6.92 Å². The molecule has 3 rings (SSSR count). The lowest BCUT2D eigenvalue weighted by molar-refractivity contribution is 0.0698. The Labute approximate surface area is 124 Å². The Bertz CT molecular complexity index is 848. The number of carboxylic acids is 1. The van der Waals surface area contributed by atoms with Crippen molar-refractivity contribution in [2.24, 2.45) is 0 Å². The molecule has 21 heavy (non-hydrogen) atoms. The second-order valence-corrected chi connectivity index (χ2v) is 5.90. The molecular weight excluding hydrogens is 288 g/mol. The molecule has 0 unspecified atom stereocenters. The number of aromatic amines is 1. The van der Waals surface area contributed by atoms with Gasteiger partial charge in [-0.3, -0.25) is 4.79 Å². The Morgan fingerprint density at radius 1 is 1.24 bits per heavy atom. The minimum atomic E-state index is -1.05. The molecule has 0 radical (unpaired) electrons. The van der Waals surface area contributed by atoms with Gasteiger partial charge in [0.2, 0.25) is 0 Å². The summed E-state index contributed by atoms with van der Waals surface area (Å²) in [6.45, 7) is 1.80. The van der Waals surface area contributed by atoms with Crippen molar-refractivity contribution in [2.75, 3.05) is 5.32 Å². The van der Waals surface area contributed by atoms with Crippen molar-refractivity contribution in [3.05, 3.63) is 52.5 Å². The Morgan fingerprint density at radius 3 is 2.81 bits per heavy atom. The Morgan fingerprint density at radius 2 is 2.05 bits per heavy atom. The first-order valence-electron chi connectivity index (χ1n) is 6.27. The molecule has 1 amide bonds. The number of carbonyl (C=O) groups is 2. The van der Waals surface area contributed by atoms with Crippen LogP contribution in [-0.2, 0) is 0 Å². The Kier molecular flexibility index (Phi) is 3.23. The van der Waals surface area contributed by atoms with E-state index in [1.807, 2.05) is 12.1 Å². The van der Waals surface area contributed by atoms with Crippen molar-refractivity contribution < 1.29 is 14.7 Å². The van der Waals surface area contributed by atoms with Crippen LogP contribution in [0.15, 0.2) is 36.5 Å². The molecule has 0 aliphatic heterocycles. The zero-order valence-corrected chi connectivity index (χ0v) is 12.0. The summed E-state index contributed by atoms with van der Waals surface area (Å²) in [5.41, 5.74) is 1.56. The minimum absolute atomic E-state index is 0.119. The van der Waals surface area contributed by atoms with Crippen molar-refractivity contribution in [2.45, 2.75) is 6.92 Å². The molecule has 5 nitrogen and oxygen atoms in total. The predicted molar refractivity (Wildman–Crippen MR) is 82.3 cm³/mol. The number of H-pyrrole nitrogens is 1. The molecule has 0 fully saturated rings. The van der Waals surface area contributed by atoms with Crippen molar-refractivity contribution >= 4 is 39.1 Å². The quantitative estimate of drug-likeness (QED) is 0.692. The maximum absolute atomic E-state index is 12.3. The zero-order chi connectivity index (χ0) is 15.0. The standard InChI is InChI=1S/C15H12N2O3S/c1-8-6-11(15(19)20)14(21-8)17-13(18)10-2-3-12-9(7-10)4-5-16-12/h2-7,16H,1H3,(H,17,18)(H,19,20). The number of aryl methyl sites for hydroxylation is 1. The second-order valence-electron chi connectivity index (χ2n) is 4.64. The predicted octanol–water partition coefficient (Wildman–Crippen LogP) is 3.49. The number of aromatic nitrogens is 1. The highest BCUT2D eigenvalue weighted by atomic mass is 32.1. The van der Waals surface area contributed by atoms with Gasteiger partial charge in [-0.25, -0.2) is 4.79 Å². The van der Waals surface area contributed by atoms with Crippen LogP contribution in [0.4, 0.5) is 5.00 Å². The first kappa shape index (κ1) is 13.4. The molecule has 6 heteroatoms. The van der Waals surface area contributed by atoms with E-state index in [1.165, 1.54) is 11.3 Å². The third-order valence-corrected chi connectivity index (χ3v) is 4.09. The summed E-state index contributed by atoms with van der Waals surface area (Å²) < 4.78 is 0. The van der Waals surface area contributed by atoms with E-state index in [-0.39, 0.29) is 11.5 Å². The molecule has 3 N–H and O–H groups in total. The van der Waals surface area contributed by atoms with E-state index < -0.39 is 5.97 Å². The van der Waals surface area contributed by atoms with Crippen molar-refractivity contribution in [3.8, 4) is 0 Å². The van der Waals surface area contributed by atoms with Gasteiger partial charge in [0.15, 0.2) is 0 Å². The monoisotopic (exact) mass is 300 g/mol. The zero-order valence-electron chi connectivity index (χ0n) is 11.1. The van der Waals surface area contributed by atoms with Gasteiger partial charge < -0.3 is 15.4 Å². The molecule has 3 aromatic rings. The highest BCUT2D eigenvalue weighted by molar-refractivity contribution is 7.16. The molecule has 2 aromatic heterocycles. The lowest BCUT2D eigenvalue weighted by Gasteiger charge is -2.04. The van der Waals surface area contributed by atoms with Gasteiger partial charge in [0, 0.05) is 27.5 Å². The van der Waals surface area contributed by atoms with Crippen LogP contribution in [0.1, 0.15) is 25.6 Å². The fraction of sp³-hybridized carbons (Fsp3) is 0.0667. The fourth-order valence-electron chi connectivity index (χ4n) is 2.14. The Hall–Kier alpha value is -2.60. The summed E-state index contributed by atoms with van der Waals surface area (Å²) in [5.74, 6) is -1.36. The third kappa shape index (κ3) is 2.53. The summed E-state index contributed by atoms with van der Waals surface area (Å²) in [6.07, 6.45) is 1.80. The highest BCUT2D eigenvalue weighted by Crippen LogP contribution is 2.28. The van der Waals surface area contributed by atoms with Crippen molar-refractivity contribution in [1.82, 2.24) is 4.98 Å². The molecule has 0 saturated heterocycles. The Balaban J connectivity index is 1.90. The van der Waals surface area contributed by atoms with E-state index in [1.54, 1.807) is 31.3 Å². The molecule has 2 heterocycles. The summed E-state index contributed by atoms with van der Waals surface area (Å²) in [5, 5.41) is 13.1. The molecule has 0 saturated carbocycles. The summed E-state index contributed by atoms with van der Waals surface area (Å²) in [7, 11) is 0. The van der Waals surface area contributed by atoms with E-state index in [9.17, 15) is 9.59 Å². The first-order chi connectivity index (χ1) is 10.0. The number of thiophene rings is 1. The first-order valence-corrected chi connectivity index (χ1v) is 7.08.